The second-order valence-electron chi connectivity index (χ2n) is 15.3. The van der Waals surface area contributed by atoms with Gasteiger partial charge in [-0.05, 0) is 110 Å². The van der Waals surface area contributed by atoms with E-state index in [9.17, 15) is 4.79 Å². The van der Waals surface area contributed by atoms with Crippen LogP contribution in [0.15, 0.2) is 0 Å². The van der Waals surface area contributed by atoms with Crippen molar-refractivity contribution in [1.29, 1.82) is 0 Å². The zero-order chi connectivity index (χ0) is 26.3. The summed E-state index contributed by atoms with van der Waals surface area (Å²) in [6.07, 6.45) is 12.5. The van der Waals surface area contributed by atoms with Crippen LogP contribution in [0.1, 0.15) is 106 Å². The number of ether oxygens (including phenoxy) is 3. The maximum atomic E-state index is 12.6. The van der Waals surface area contributed by atoms with Crippen molar-refractivity contribution in [1.82, 2.24) is 0 Å². The van der Waals surface area contributed by atoms with Gasteiger partial charge in [0.15, 0.2) is 5.79 Å². The Bertz CT molecular complexity index is 882. The molecule has 2 aliphatic heterocycles. The molecule has 0 aromatic rings. The second kappa shape index (κ2) is 9.20. The van der Waals surface area contributed by atoms with Crippen molar-refractivity contribution in [3.05, 3.63) is 0 Å². The Kier molecular flexibility index (Phi) is 6.60. The summed E-state index contributed by atoms with van der Waals surface area (Å²) in [6, 6.07) is -0.506. The van der Waals surface area contributed by atoms with Crippen LogP contribution in [0, 0.1) is 58.2 Å². The summed E-state index contributed by atoms with van der Waals surface area (Å²) in [5.41, 5.74) is 6.85. The first-order valence-corrected chi connectivity index (χ1v) is 15.8. The number of rotatable bonds is 3. The van der Waals surface area contributed by atoms with Crippen molar-refractivity contribution < 1.29 is 19.0 Å². The van der Waals surface area contributed by atoms with E-state index in [0.717, 1.165) is 43.6 Å². The van der Waals surface area contributed by atoms with E-state index in [1.165, 1.54) is 44.9 Å². The highest BCUT2D eigenvalue weighted by atomic mass is 16.7. The minimum atomic E-state index is -0.506. The zero-order valence-electron chi connectivity index (χ0n) is 24.3. The van der Waals surface area contributed by atoms with Gasteiger partial charge in [-0.25, -0.2) is 0 Å². The Hall–Kier alpha value is -0.650. The van der Waals surface area contributed by atoms with Crippen molar-refractivity contribution in [2.75, 3.05) is 6.61 Å². The normalized spacial score (nSPS) is 53.8. The summed E-state index contributed by atoms with van der Waals surface area (Å²) in [7, 11) is 0. The second-order valence-corrected chi connectivity index (χ2v) is 15.3. The largest absolute Gasteiger partial charge is 0.461 e. The van der Waals surface area contributed by atoms with Crippen molar-refractivity contribution in [3.8, 4) is 0 Å². The van der Waals surface area contributed by atoms with Gasteiger partial charge in [-0.1, -0.05) is 41.5 Å². The topological polar surface area (TPSA) is 70.8 Å². The van der Waals surface area contributed by atoms with Crippen molar-refractivity contribution in [2.45, 2.75) is 130 Å². The fourth-order valence-corrected chi connectivity index (χ4v) is 10.9. The molecular weight excluding hydrogens is 462 g/mol. The molecule has 0 aromatic heterocycles. The summed E-state index contributed by atoms with van der Waals surface area (Å²) >= 11 is 0. The number of fused-ring (bicyclic) bond motifs is 7. The Morgan fingerprint density at radius 2 is 1.70 bits per heavy atom. The van der Waals surface area contributed by atoms with E-state index in [1.54, 1.807) is 0 Å². The van der Waals surface area contributed by atoms with Crippen LogP contribution in [-0.4, -0.2) is 36.6 Å². The van der Waals surface area contributed by atoms with Crippen molar-refractivity contribution in [3.63, 3.8) is 0 Å². The first kappa shape index (κ1) is 26.6. The zero-order valence-corrected chi connectivity index (χ0v) is 24.3. The summed E-state index contributed by atoms with van der Waals surface area (Å²) in [5, 5.41) is 0. The fraction of sp³-hybridized carbons (Fsp3) is 0.969. The third kappa shape index (κ3) is 3.98. The van der Waals surface area contributed by atoms with Crippen LogP contribution >= 0.6 is 0 Å². The molecule has 2 saturated heterocycles. The minimum Gasteiger partial charge on any atom is -0.461 e. The van der Waals surface area contributed by atoms with E-state index in [2.05, 4.69) is 27.7 Å². The molecule has 0 radical (unpaired) electrons. The molecule has 5 heteroatoms. The van der Waals surface area contributed by atoms with E-state index in [0.29, 0.717) is 40.6 Å². The molecule has 6 rings (SSSR count). The Morgan fingerprint density at radius 1 is 0.946 bits per heavy atom. The van der Waals surface area contributed by atoms with Crippen LogP contribution in [0.5, 0.6) is 0 Å². The molecule has 1 spiro atoms. The SMILES string of the molecule is CC(C)C(N)C(=O)O[C@@H]1CC[C@@]2(C)C(CCC3C2CC[C@@]2(C)C3CC3O[C@]4(CC[C@@H](C)CO4)C(C)C32)C1. The van der Waals surface area contributed by atoms with Crippen LogP contribution in [0.25, 0.3) is 0 Å². The summed E-state index contributed by atoms with van der Waals surface area (Å²) in [4.78, 5) is 12.6. The molecule has 5 nitrogen and oxygen atoms in total. The highest BCUT2D eigenvalue weighted by Gasteiger charge is 2.69. The van der Waals surface area contributed by atoms with Crippen molar-refractivity contribution in [2.24, 2.45) is 63.9 Å². The van der Waals surface area contributed by atoms with Crippen LogP contribution in [0.4, 0.5) is 0 Å². The summed E-state index contributed by atoms with van der Waals surface area (Å²) in [6.45, 7) is 14.8. The lowest BCUT2D eigenvalue weighted by atomic mass is 9.44. The molecular formula is C32H53NO4. The lowest BCUT2D eigenvalue weighted by Crippen LogP contribution is -2.55. The third-order valence-electron chi connectivity index (χ3n) is 13.2. The third-order valence-corrected chi connectivity index (χ3v) is 13.2. The van der Waals surface area contributed by atoms with Gasteiger partial charge in [-0.2, -0.15) is 0 Å². The van der Waals surface area contributed by atoms with Gasteiger partial charge in [-0.15, -0.1) is 0 Å². The molecule has 0 bridgehead atoms. The Morgan fingerprint density at radius 3 is 2.41 bits per heavy atom. The van der Waals surface area contributed by atoms with Crippen LogP contribution in [0.2, 0.25) is 0 Å². The molecule has 6 fully saturated rings. The maximum absolute atomic E-state index is 12.6. The number of esters is 1. The smallest absolute Gasteiger partial charge is 0.323 e. The molecule has 4 saturated carbocycles. The average molecular weight is 516 g/mol. The fourth-order valence-electron chi connectivity index (χ4n) is 10.9. The van der Waals surface area contributed by atoms with E-state index in [1.807, 2.05) is 13.8 Å². The molecule has 0 amide bonds. The van der Waals surface area contributed by atoms with E-state index >= 15 is 0 Å². The maximum Gasteiger partial charge on any atom is 0.323 e. The number of carbonyl (C=O) groups excluding carboxylic acids is 1. The molecule has 2 N–H and O–H groups in total. The minimum absolute atomic E-state index is 0.0512. The highest BCUT2D eigenvalue weighted by Crippen LogP contribution is 2.71. The monoisotopic (exact) mass is 515 g/mol. The number of hydrogen-bond donors (Lipinski definition) is 1. The quantitative estimate of drug-likeness (QED) is 0.445. The van der Waals surface area contributed by atoms with Gasteiger partial charge in [0, 0.05) is 12.3 Å². The Labute approximate surface area is 225 Å². The van der Waals surface area contributed by atoms with Gasteiger partial charge in [0.05, 0.1) is 12.7 Å². The molecule has 6 aliphatic rings. The van der Waals surface area contributed by atoms with E-state index in [-0.39, 0.29) is 23.8 Å². The van der Waals surface area contributed by atoms with Gasteiger partial charge in [0.1, 0.15) is 12.1 Å². The van der Waals surface area contributed by atoms with Crippen LogP contribution in [-0.2, 0) is 19.0 Å². The number of carbonyl (C=O) groups is 1. The number of nitrogens with two attached hydrogens (primary N) is 1. The lowest BCUT2D eigenvalue weighted by Gasteiger charge is -2.61. The Balaban J connectivity index is 1.15. The molecule has 2 heterocycles. The van der Waals surface area contributed by atoms with Crippen LogP contribution < -0.4 is 5.73 Å². The predicted octanol–water partition coefficient (Wildman–Crippen LogP) is 6.33. The average Bonchev–Trinajstić information content (AvgIpc) is 3.30. The van der Waals surface area contributed by atoms with Crippen molar-refractivity contribution >= 4 is 5.97 Å². The molecule has 37 heavy (non-hydrogen) atoms. The molecule has 210 valence electrons. The number of hydrogen-bond acceptors (Lipinski definition) is 5. The lowest BCUT2D eigenvalue weighted by molar-refractivity contribution is -0.273. The standard InChI is InChI=1S/C32H53NO4/c1-18(2)28(33)29(34)36-22-10-12-30(5)21(15-22)7-8-23-24(30)11-13-31(6)25(23)16-26-27(31)20(4)32(37-26)14-9-19(3)17-35-32/h18-28H,7-17,33H2,1-6H3/t19-,20?,21?,22-,23?,24?,25?,26?,27?,28?,30+,31+,32-/m1/s1. The van der Waals surface area contributed by atoms with Gasteiger partial charge in [0.25, 0.3) is 0 Å². The van der Waals surface area contributed by atoms with Gasteiger partial charge < -0.3 is 19.9 Å². The van der Waals surface area contributed by atoms with Gasteiger partial charge >= 0.3 is 5.97 Å². The molecule has 8 unspecified atom stereocenters. The van der Waals surface area contributed by atoms with E-state index < -0.39 is 6.04 Å². The first-order chi connectivity index (χ1) is 17.5. The summed E-state index contributed by atoms with van der Waals surface area (Å²) in [5.74, 6) is 4.44. The van der Waals surface area contributed by atoms with Gasteiger partial charge in [0.2, 0.25) is 0 Å². The molecule has 0 aromatic carbocycles. The summed E-state index contributed by atoms with van der Waals surface area (Å²) < 4.78 is 19.4. The van der Waals surface area contributed by atoms with Crippen LogP contribution in [0.3, 0.4) is 0 Å². The van der Waals surface area contributed by atoms with E-state index in [4.69, 9.17) is 19.9 Å². The van der Waals surface area contributed by atoms with Gasteiger partial charge in [-0.3, -0.25) is 4.79 Å². The predicted molar refractivity (Wildman–Crippen MR) is 144 cm³/mol. The highest BCUT2D eigenvalue weighted by molar-refractivity contribution is 5.75. The molecule has 13 atom stereocenters. The molecule has 4 aliphatic carbocycles. The first-order valence-electron chi connectivity index (χ1n) is 15.8.